The standard InChI is InChI=1S/C11H8ClN3O2/c12-9-8(10(13)15-6-14-9)11(16)17-7-4-2-1-3-5-7/h1-6H,(H2,13,14,15). The topological polar surface area (TPSA) is 78.1 Å². The number of carbonyl (C=O) groups is 1. The number of halogens is 1. The lowest BCUT2D eigenvalue weighted by atomic mass is 10.3. The number of para-hydroxylation sites is 1. The van der Waals surface area contributed by atoms with E-state index in [2.05, 4.69) is 9.97 Å². The molecule has 0 radical (unpaired) electrons. The first-order valence-corrected chi connectivity index (χ1v) is 5.09. The van der Waals surface area contributed by atoms with Crippen LogP contribution in [0.3, 0.4) is 0 Å². The van der Waals surface area contributed by atoms with E-state index in [1.165, 1.54) is 6.33 Å². The summed E-state index contributed by atoms with van der Waals surface area (Å²) in [5.74, 6) is -0.290. The van der Waals surface area contributed by atoms with Crippen molar-refractivity contribution in [3.63, 3.8) is 0 Å². The number of hydrogen-bond donors (Lipinski definition) is 1. The Morgan fingerprint density at radius 1 is 1.24 bits per heavy atom. The molecule has 2 rings (SSSR count). The van der Waals surface area contributed by atoms with Crippen LogP contribution >= 0.6 is 11.6 Å². The zero-order valence-electron chi connectivity index (χ0n) is 8.63. The molecule has 0 saturated heterocycles. The van der Waals surface area contributed by atoms with Crippen LogP contribution in [0.25, 0.3) is 0 Å². The summed E-state index contributed by atoms with van der Waals surface area (Å²) >= 11 is 5.76. The van der Waals surface area contributed by atoms with Gasteiger partial charge in [0.05, 0.1) is 0 Å². The summed E-state index contributed by atoms with van der Waals surface area (Å²) in [5.41, 5.74) is 5.51. The maximum absolute atomic E-state index is 11.8. The van der Waals surface area contributed by atoms with Crippen LogP contribution in [0.4, 0.5) is 5.82 Å². The van der Waals surface area contributed by atoms with Crippen LogP contribution in [0.5, 0.6) is 5.75 Å². The predicted molar refractivity (Wildman–Crippen MR) is 62.9 cm³/mol. The number of nitrogens with two attached hydrogens (primary N) is 1. The van der Waals surface area contributed by atoms with Gasteiger partial charge in [-0.05, 0) is 12.1 Å². The summed E-state index contributed by atoms with van der Waals surface area (Å²) in [5, 5.41) is -0.0292. The minimum absolute atomic E-state index is 0.00840. The fourth-order valence-corrected chi connectivity index (χ4v) is 1.43. The number of esters is 1. The molecule has 0 fully saturated rings. The minimum Gasteiger partial charge on any atom is -0.423 e. The van der Waals surface area contributed by atoms with Gasteiger partial charge in [-0.3, -0.25) is 0 Å². The Morgan fingerprint density at radius 2 is 1.94 bits per heavy atom. The molecule has 0 amide bonds. The normalized spacial score (nSPS) is 9.94. The Labute approximate surface area is 102 Å². The predicted octanol–water partition coefficient (Wildman–Crippen LogP) is 1.93. The van der Waals surface area contributed by atoms with Crippen LogP contribution in [0.15, 0.2) is 36.7 Å². The van der Waals surface area contributed by atoms with Gasteiger partial charge in [-0.2, -0.15) is 0 Å². The quantitative estimate of drug-likeness (QED) is 0.500. The van der Waals surface area contributed by atoms with Gasteiger partial charge < -0.3 is 10.5 Å². The van der Waals surface area contributed by atoms with Crippen LogP contribution in [0.2, 0.25) is 5.15 Å². The van der Waals surface area contributed by atoms with Gasteiger partial charge in [-0.1, -0.05) is 29.8 Å². The van der Waals surface area contributed by atoms with E-state index in [9.17, 15) is 4.79 Å². The highest BCUT2D eigenvalue weighted by atomic mass is 35.5. The van der Waals surface area contributed by atoms with Gasteiger partial charge in [-0.15, -0.1) is 0 Å². The fraction of sp³-hybridized carbons (Fsp3) is 0. The molecule has 0 saturated carbocycles. The summed E-state index contributed by atoms with van der Waals surface area (Å²) in [6.45, 7) is 0. The highest BCUT2D eigenvalue weighted by Crippen LogP contribution is 2.20. The Kier molecular flexibility index (Phi) is 3.20. The molecular weight excluding hydrogens is 242 g/mol. The summed E-state index contributed by atoms with van der Waals surface area (Å²) in [4.78, 5) is 19.1. The molecule has 17 heavy (non-hydrogen) atoms. The molecule has 86 valence electrons. The van der Waals surface area contributed by atoms with Crippen LogP contribution in [0, 0.1) is 0 Å². The van der Waals surface area contributed by atoms with Gasteiger partial charge in [0.1, 0.15) is 28.6 Å². The first kappa shape index (κ1) is 11.3. The summed E-state index contributed by atoms with van der Waals surface area (Å²) in [6, 6.07) is 8.59. The van der Waals surface area contributed by atoms with E-state index in [1.807, 2.05) is 6.07 Å². The lowest BCUT2D eigenvalue weighted by Crippen LogP contribution is -2.13. The number of aromatic nitrogens is 2. The first-order chi connectivity index (χ1) is 8.18. The second kappa shape index (κ2) is 4.80. The molecule has 0 aliphatic heterocycles. The van der Waals surface area contributed by atoms with Gasteiger partial charge in [0.25, 0.3) is 0 Å². The van der Waals surface area contributed by atoms with Crippen molar-refractivity contribution in [2.24, 2.45) is 0 Å². The highest BCUT2D eigenvalue weighted by Gasteiger charge is 2.18. The molecule has 6 heteroatoms. The average molecular weight is 250 g/mol. The molecule has 0 aliphatic carbocycles. The molecule has 2 N–H and O–H groups in total. The largest absolute Gasteiger partial charge is 0.423 e. The number of ether oxygens (including phenoxy) is 1. The summed E-state index contributed by atoms with van der Waals surface area (Å²) < 4.78 is 5.08. The van der Waals surface area contributed by atoms with Crippen molar-refractivity contribution in [1.82, 2.24) is 9.97 Å². The molecular formula is C11H8ClN3O2. The van der Waals surface area contributed by atoms with Crippen molar-refractivity contribution >= 4 is 23.4 Å². The smallest absolute Gasteiger partial charge is 0.350 e. The Balaban J connectivity index is 2.27. The number of nitrogens with zero attached hydrogens (tertiary/aromatic N) is 2. The van der Waals surface area contributed by atoms with Crippen molar-refractivity contribution in [2.75, 3.05) is 5.73 Å². The number of hydrogen-bond acceptors (Lipinski definition) is 5. The van der Waals surface area contributed by atoms with E-state index in [0.717, 1.165) is 0 Å². The maximum Gasteiger partial charge on any atom is 0.350 e. The van der Waals surface area contributed by atoms with Crippen LogP contribution in [-0.4, -0.2) is 15.9 Å². The number of benzene rings is 1. The van der Waals surface area contributed by atoms with E-state index >= 15 is 0 Å². The average Bonchev–Trinajstić information content (AvgIpc) is 2.30. The second-order valence-corrected chi connectivity index (χ2v) is 3.49. The maximum atomic E-state index is 11.8. The molecule has 0 aliphatic rings. The molecule has 0 unspecified atom stereocenters. The second-order valence-electron chi connectivity index (χ2n) is 3.13. The van der Waals surface area contributed by atoms with Crippen LogP contribution < -0.4 is 10.5 Å². The van der Waals surface area contributed by atoms with Gasteiger partial charge in [0.15, 0.2) is 0 Å². The number of nitrogen functional groups attached to an aromatic ring is 1. The zero-order chi connectivity index (χ0) is 12.3. The number of carbonyl (C=O) groups excluding carboxylic acids is 1. The highest BCUT2D eigenvalue weighted by molar-refractivity contribution is 6.33. The van der Waals surface area contributed by atoms with Crippen molar-refractivity contribution in [3.05, 3.63) is 47.4 Å². The summed E-state index contributed by atoms with van der Waals surface area (Å²) in [6.07, 6.45) is 1.18. The third kappa shape index (κ3) is 2.51. The molecule has 0 spiro atoms. The molecule has 1 aromatic heterocycles. The lowest BCUT2D eigenvalue weighted by molar-refractivity contribution is 0.0735. The van der Waals surface area contributed by atoms with Crippen molar-refractivity contribution < 1.29 is 9.53 Å². The molecule has 2 aromatic rings. The van der Waals surface area contributed by atoms with Crippen molar-refractivity contribution in [2.45, 2.75) is 0 Å². The van der Waals surface area contributed by atoms with Crippen molar-refractivity contribution in [3.8, 4) is 5.75 Å². The van der Waals surface area contributed by atoms with E-state index in [0.29, 0.717) is 5.75 Å². The van der Waals surface area contributed by atoms with Gasteiger partial charge in [0, 0.05) is 0 Å². The van der Waals surface area contributed by atoms with Gasteiger partial charge in [0.2, 0.25) is 0 Å². The zero-order valence-corrected chi connectivity index (χ0v) is 9.39. The third-order valence-electron chi connectivity index (χ3n) is 1.99. The minimum atomic E-state index is -0.681. The number of anilines is 1. The lowest BCUT2D eigenvalue weighted by Gasteiger charge is -2.06. The summed E-state index contributed by atoms with van der Waals surface area (Å²) in [7, 11) is 0. The van der Waals surface area contributed by atoms with Crippen LogP contribution in [0.1, 0.15) is 10.4 Å². The Hall–Kier alpha value is -2.14. The SMILES string of the molecule is Nc1ncnc(Cl)c1C(=O)Oc1ccccc1. The third-order valence-corrected chi connectivity index (χ3v) is 2.27. The van der Waals surface area contributed by atoms with Gasteiger partial charge in [-0.25, -0.2) is 14.8 Å². The number of rotatable bonds is 2. The van der Waals surface area contributed by atoms with Crippen LogP contribution in [-0.2, 0) is 0 Å². The Morgan fingerprint density at radius 3 is 2.59 bits per heavy atom. The molecule has 1 aromatic carbocycles. The molecule has 1 heterocycles. The monoisotopic (exact) mass is 249 g/mol. The van der Waals surface area contributed by atoms with Crippen molar-refractivity contribution in [1.29, 1.82) is 0 Å². The van der Waals surface area contributed by atoms with E-state index in [4.69, 9.17) is 22.1 Å². The van der Waals surface area contributed by atoms with Gasteiger partial charge >= 0.3 is 5.97 Å². The first-order valence-electron chi connectivity index (χ1n) is 4.71. The Bertz CT molecular complexity index is 525. The fourth-order valence-electron chi connectivity index (χ4n) is 1.21. The molecule has 5 nitrogen and oxygen atoms in total. The van der Waals surface area contributed by atoms with E-state index in [1.54, 1.807) is 24.3 Å². The molecule has 0 bridgehead atoms. The van der Waals surface area contributed by atoms with E-state index < -0.39 is 5.97 Å². The van der Waals surface area contributed by atoms with E-state index in [-0.39, 0.29) is 16.5 Å². The molecule has 0 atom stereocenters.